The Bertz CT molecular complexity index is 766. The number of benzene rings is 2. The number of halogens is 2. The number of hydrogen-bond acceptors (Lipinski definition) is 1. The number of hydrogen-bond donors (Lipinski definition) is 0. The van der Waals surface area contributed by atoms with Crippen molar-refractivity contribution in [3.8, 4) is 5.75 Å². The maximum Gasteiger partial charge on any atom is 0.142 e. The molecule has 0 N–H and O–H groups in total. The number of rotatable bonds is 3. The SMILES string of the molecule is COc1ccc2c(ccn2Cc2ccc(Cl)c(F)c2)c1. The van der Waals surface area contributed by atoms with E-state index in [9.17, 15) is 4.39 Å². The summed E-state index contributed by atoms with van der Waals surface area (Å²) in [6, 6.07) is 12.8. The van der Waals surface area contributed by atoms with Gasteiger partial charge < -0.3 is 9.30 Å². The molecule has 0 unspecified atom stereocenters. The summed E-state index contributed by atoms with van der Waals surface area (Å²) in [4.78, 5) is 0. The Morgan fingerprint density at radius 1 is 1.15 bits per heavy atom. The van der Waals surface area contributed by atoms with E-state index < -0.39 is 0 Å². The summed E-state index contributed by atoms with van der Waals surface area (Å²) in [5.41, 5.74) is 1.96. The lowest BCUT2D eigenvalue weighted by molar-refractivity contribution is 0.415. The van der Waals surface area contributed by atoms with Gasteiger partial charge in [0.15, 0.2) is 0 Å². The van der Waals surface area contributed by atoms with E-state index in [1.54, 1.807) is 13.2 Å². The topological polar surface area (TPSA) is 14.2 Å². The zero-order chi connectivity index (χ0) is 14.1. The highest BCUT2D eigenvalue weighted by molar-refractivity contribution is 6.30. The first-order chi connectivity index (χ1) is 9.67. The van der Waals surface area contributed by atoms with Crippen molar-refractivity contribution in [2.24, 2.45) is 0 Å². The summed E-state index contributed by atoms with van der Waals surface area (Å²) < 4.78 is 20.7. The Kier molecular flexibility index (Phi) is 3.36. The lowest BCUT2D eigenvalue weighted by Gasteiger charge is -2.07. The standard InChI is InChI=1S/C16H13ClFNO/c1-20-13-3-5-16-12(9-13)6-7-19(16)10-11-2-4-14(17)15(18)8-11/h2-9H,10H2,1H3. The highest BCUT2D eigenvalue weighted by atomic mass is 35.5. The number of ether oxygens (including phenoxy) is 1. The molecule has 1 aromatic heterocycles. The maximum absolute atomic E-state index is 13.5. The Morgan fingerprint density at radius 3 is 2.75 bits per heavy atom. The molecule has 0 aliphatic heterocycles. The summed E-state index contributed by atoms with van der Waals surface area (Å²) in [5.74, 6) is 0.440. The van der Waals surface area contributed by atoms with E-state index in [1.165, 1.54) is 6.07 Å². The van der Waals surface area contributed by atoms with Gasteiger partial charge in [-0.1, -0.05) is 17.7 Å². The van der Waals surface area contributed by atoms with Crippen LogP contribution in [0.2, 0.25) is 5.02 Å². The number of aromatic nitrogens is 1. The first-order valence-electron chi connectivity index (χ1n) is 6.24. The Labute approximate surface area is 121 Å². The predicted octanol–water partition coefficient (Wildman–Crippen LogP) is 4.49. The van der Waals surface area contributed by atoms with Crippen LogP contribution in [0.15, 0.2) is 48.7 Å². The first-order valence-corrected chi connectivity index (χ1v) is 6.62. The van der Waals surface area contributed by atoms with E-state index in [-0.39, 0.29) is 10.8 Å². The first kappa shape index (κ1) is 13.0. The molecule has 2 nitrogen and oxygen atoms in total. The van der Waals surface area contributed by atoms with Gasteiger partial charge in [-0.2, -0.15) is 0 Å². The van der Waals surface area contributed by atoms with E-state index in [0.29, 0.717) is 6.54 Å². The second kappa shape index (κ2) is 5.17. The van der Waals surface area contributed by atoms with Crippen molar-refractivity contribution < 1.29 is 9.13 Å². The molecule has 0 radical (unpaired) electrons. The number of fused-ring (bicyclic) bond motifs is 1. The van der Waals surface area contributed by atoms with E-state index in [4.69, 9.17) is 16.3 Å². The molecule has 0 atom stereocenters. The summed E-state index contributed by atoms with van der Waals surface area (Å²) in [5, 5.41) is 1.25. The average Bonchev–Trinajstić information content (AvgIpc) is 2.85. The van der Waals surface area contributed by atoms with Gasteiger partial charge in [0.25, 0.3) is 0 Å². The van der Waals surface area contributed by atoms with Gasteiger partial charge in [-0.25, -0.2) is 4.39 Å². The quantitative estimate of drug-likeness (QED) is 0.693. The van der Waals surface area contributed by atoms with Gasteiger partial charge in [0.1, 0.15) is 11.6 Å². The van der Waals surface area contributed by atoms with Crippen molar-refractivity contribution in [3.05, 3.63) is 65.1 Å². The van der Waals surface area contributed by atoms with Crippen LogP contribution < -0.4 is 4.74 Å². The minimum absolute atomic E-state index is 0.149. The van der Waals surface area contributed by atoms with Crippen LogP contribution in [0.25, 0.3) is 10.9 Å². The molecule has 102 valence electrons. The highest BCUT2D eigenvalue weighted by Crippen LogP contribution is 2.23. The molecule has 0 saturated carbocycles. The third-order valence-electron chi connectivity index (χ3n) is 3.32. The zero-order valence-corrected chi connectivity index (χ0v) is 11.7. The minimum atomic E-state index is -0.387. The van der Waals surface area contributed by atoms with Crippen LogP contribution in [0.3, 0.4) is 0 Å². The Balaban J connectivity index is 1.96. The molecule has 0 amide bonds. The van der Waals surface area contributed by atoms with Crippen LogP contribution >= 0.6 is 11.6 Å². The molecule has 2 aromatic carbocycles. The smallest absolute Gasteiger partial charge is 0.142 e. The molecule has 0 fully saturated rings. The van der Waals surface area contributed by atoms with Crippen molar-refractivity contribution in [2.75, 3.05) is 7.11 Å². The van der Waals surface area contributed by atoms with Gasteiger partial charge in [0.05, 0.1) is 12.1 Å². The van der Waals surface area contributed by atoms with E-state index in [0.717, 1.165) is 22.2 Å². The van der Waals surface area contributed by atoms with Crippen LogP contribution in [0.5, 0.6) is 5.75 Å². The summed E-state index contributed by atoms with van der Waals surface area (Å²) in [7, 11) is 1.65. The summed E-state index contributed by atoms with van der Waals surface area (Å²) >= 11 is 5.70. The second-order valence-electron chi connectivity index (χ2n) is 4.62. The van der Waals surface area contributed by atoms with Crippen molar-refractivity contribution in [3.63, 3.8) is 0 Å². The van der Waals surface area contributed by atoms with Crippen molar-refractivity contribution in [2.45, 2.75) is 6.54 Å². The molecular formula is C16H13ClFNO. The van der Waals surface area contributed by atoms with E-state index in [1.807, 2.05) is 36.5 Å². The highest BCUT2D eigenvalue weighted by Gasteiger charge is 2.05. The van der Waals surface area contributed by atoms with Gasteiger partial charge >= 0.3 is 0 Å². The van der Waals surface area contributed by atoms with Gasteiger partial charge in [0, 0.05) is 23.6 Å². The number of methoxy groups -OCH3 is 1. The van der Waals surface area contributed by atoms with Gasteiger partial charge in [-0.3, -0.25) is 0 Å². The van der Waals surface area contributed by atoms with Crippen LogP contribution in [-0.2, 0) is 6.54 Å². The fourth-order valence-electron chi connectivity index (χ4n) is 2.28. The largest absolute Gasteiger partial charge is 0.497 e. The monoisotopic (exact) mass is 289 g/mol. The fraction of sp³-hybridized carbons (Fsp3) is 0.125. The van der Waals surface area contributed by atoms with Crippen LogP contribution in [0.1, 0.15) is 5.56 Å². The molecule has 3 rings (SSSR count). The second-order valence-corrected chi connectivity index (χ2v) is 5.02. The van der Waals surface area contributed by atoms with Gasteiger partial charge in [0.2, 0.25) is 0 Å². The Morgan fingerprint density at radius 2 is 2.00 bits per heavy atom. The molecule has 1 heterocycles. The van der Waals surface area contributed by atoms with Gasteiger partial charge in [-0.05, 0) is 42.0 Å². The molecule has 0 bridgehead atoms. The van der Waals surface area contributed by atoms with E-state index >= 15 is 0 Å². The van der Waals surface area contributed by atoms with E-state index in [2.05, 4.69) is 4.57 Å². The summed E-state index contributed by atoms with van der Waals surface area (Å²) in [6.07, 6.45) is 1.98. The predicted molar refractivity (Wildman–Crippen MR) is 79.0 cm³/mol. The maximum atomic E-state index is 13.5. The third-order valence-corrected chi connectivity index (χ3v) is 3.62. The zero-order valence-electron chi connectivity index (χ0n) is 10.9. The van der Waals surface area contributed by atoms with Crippen molar-refractivity contribution in [1.29, 1.82) is 0 Å². The molecule has 3 aromatic rings. The Hall–Kier alpha value is -2.00. The van der Waals surface area contributed by atoms with Crippen molar-refractivity contribution >= 4 is 22.5 Å². The molecule has 0 aliphatic carbocycles. The number of nitrogens with zero attached hydrogens (tertiary/aromatic N) is 1. The lowest BCUT2D eigenvalue weighted by atomic mass is 10.2. The van der Waals surface area contributed by atoms with Crippen LogP contribution in [0.4, 0.5) is 4.39 Å². The molecular weight excluding hydrogens is 277 g/mol. The molecule has 4 heteroatoms. The lowest BCUT2D eigenvalue weighted by Crippen LogP contribution is -1.98. The third kappa shape index (κ3) is 2.37. The normalized spacial score (nSPS) is 10.9. The van der Waals surface area contributed by atoms with Crippen LogP contribution in [0, 0.1) is 5.82 Å². The fourth-order valence-corrected chi connectivity index (χ4v) is 2.40. The minimum Gasteiger partial charge on any atom is -0.497 e. The molecule has 0 saturated heterocycles. The van der Waals surface area contributed by atoms with Crippen molar-refractivity contribution in [1.82, 2.24) is 4.57 Å². The molecule has 0 aliphatic rings. The van der Waals surface area contributed by atoms with Gasteiger partial charge in [-0.15, -0.1) is 0 Å². The molecule has 0 spiro atoms. The summed E-state index contributed by atoms with van der Waals surface area (Å²) in [6.45, 7) is 0.601. The average molecular weight is 290 g/mol. The van der Waals surface area contributed by atoms with Crippen LogP contribution in [-0.4, -0.2) is 11.7 Å². The molecule has 20 heavy (non-hydrogen) atoms.